The topological polar surface area (TPSA) is 49.4 Å². The third-order valence-electron chi connectivity index (χ3n) is 3.79. The number of rotatable bonds is 6. The zero-order chi connectivity index (χ0) is 17.5. The van der Waals surface area contributed by atoms with E-state index >= 15 is 0 Å². The summed E-state index contributed by atoms with van der Waals surface area (Å²) in [5.74, 6) is -0.601. The van der Waals surface area contributed by atoms with Crippen LogP contribution in [0.25, 0.3) is 0 Å². The van der Waals surface area contributed by atoms with Crippen molar-refractivity contribution in [2.45, 2.75) is 20.3 Å². The van der Waals surface area contributed by atoms with E-state index in [2.05, 4.69) is 5.32 Å². The number of hydrogen-bond donors (Lipinski definition) is 1. The molecule has 0 aliphatic rings. The number of anilines is 1. The molecule has 2 aromatic carbocycles. The molecule has 126 valence electrons. The molecule has 2 rings (SSSR count). The molecule has 1 N–H and O–H groups in total. The fourth-order valence-electron chi connectivity index (χ4n) is 2.44. The van der Waals surface area contributed by atoms with Gasteiger partial charge < -0.3 is 10.2 Å². The number of aryl methyl sites for hydroxylation is 1. The second-order valence-corrected chi connectivity index (χ2v) is 5.60. The minimum atomic E-state index is -0.353. The van der Waals surface area contributed by atoms with Crippen LogP contribution in [0, 0.1) is 12.7 Å². The van der Waals surface area contributed by atoms with Crippen molar-refractivity contribution in [3.63, 3.8) is 0 Å². The van der Waals surface area contributed by atoms with Gasteiger partial charge in [-0.3, -0.25) is 9.59 Å². The third-order valence-corrected chi connectivity index (χ3v) is 3.79. The summed E-state index contributed by atoms with van der Waals surface area (Å²) in [4.78, 5) is 25.3. The maximum Gasteiger partial charge on any atom is 0.224 e. The largest absolute Gasteiger partial charge is 0.354 e. The van der Waals surface area contributed by atoms with Gasteiger partial charge in [-0.15, -0.1) is 0 Å². The van der Waals surface area contributed by atoms with Crippen molar-refractivity contribution >= 4 is 17.5 Å². The first-order chi connectivity index (χ1) is 11.5. The first-order valence-corrected chi connectivity index (χ1v) is 7.82. The zero-order valence-electron chi connectivity index (χ0n) is 13.9. The molecule has 0 radical (unpaired) electrons. The number of nitrogens with zero attached hydrogens (tertiary/aromatic N) is 1. The number of nitrogens with one attached hydrogen (secondary N) is 1. The van der Waals surface area contributed by atoms with Gasteiger partial charge in [0.25, 0.3) is 0 Å². The standard InChI is InChI=1S/C19H21FN2O2/c1-14-5-3-4-6-16(14)13-19(24)21-11-12-22(15(2)23)18-9-7-17(20)8-10-18/h3-10H,11-13H2,1-2H3,(H,21,24). The van der Waals surface area contributed by atoms with E-state index in [1.165, 1.54) is 24.0 Å². The van der Waals surface area contributed by atoms with Gasteiger partial charge in [0, 0.05) is 25.7 Å². The number of amides is 2. The number of carbonyl (C=O) groups is 2. The molecule has 0 heterocycles. The van der Waals surface area contributed by atoms with Gasteiger partial charge >= 0.3 is 0 Å². The summed E-state index contributed by atoms with van der Waals surface area (Å²) in [6, 6.07) is 13.4. The van der Waals surface area contributed by atoms with E-state index in [0.29, 0.717) is 25.2 Å². The van der Waals surface area contributed by atoms with E-state index in [0.717, 1.165) is 11.1 Å². The Kier molecular flexibility index (Phi) is 6.07. The molecule has 0 aliphatic carbocycles. The van der Waals surface area contributed by atoms with Crippen molar-refractivity contribution in [1.82, 2.24) is 5.32 Å². The molecular formula is C19H21FN2O2. The van der Waals surface area contributed by atoms with Crippen molar-refractivity contribution in [2.24, 2.45) is 0 Å². The molecule has 0 saturated heterocycles. The van der Waals surface area contributed by atoms with Crippen LogP contribution in [0.5, 0.6) is 0 Å². The molecule has 0 atom stereocenters. The lowest BCUT2D eigenvalue weighted by Gasteiger charge is -2.21. The smallest absolute Gasteiger partial charge is 0.224 e. The Morgan fingerprint density at radius 1 is 1.08 bits per heavy atom. The lowest BCUT2D eigenvalue weighted by molar-refractivity contribution is -0.121. The summed E-state index contributed by atoms with van der Waals surface area (Å²) in [6.07, 6.45) is 0.309. The van der Waals surface area contributed by atoms with E-state index in [-0.39, 0.29) is 17.6 Å². The fraction of sp³-hybridized carbons (Fsp3) is 0.263. The lowest BCUT2D eigenvalue weighted by Crippen LogP contribution is -2.38. The average molecular weight is 328 g/mol. The quantitative estimate of drug-likeness (QED) is 0.886. The van der Waals surface area contributed by atoms with Gasteiger partial charge in [0.15, 0.2) is 0 Å². The molecule has 0 spiro atoms. The zero-order valence-corrected chi connectivity index (χ0v) is 13.9. The van der Waals surface area contributed by atoms with Crippen LogP contribution in [-0.4, -0.2) is 24.9 Å². The van der Waals surface area contributed by atoms with Crippen LogP contribution >= 0.6 is 0 Å². The van der Waals surface area contributed by atoms with E-state index in [9.17, 15) is 14.0 Å². The van der Waals surface area contributed by atoms with Crippen LogP contribution < -0.4 is 10.2 Å². The highest BCUT2D eigenvalue weighted by Crippen LogP contribution is 2.14. The normalized spacial score (nSPS) is 10.3. The molecule has 5 heteroatoms. The van der Waals surface area contributed by atoms with Gasteiger partial charge in [0.2, 0.25) is 11.8 Å². The maximum atomic E-state index is 13.0. The fourth-order valence-corrected chi connectivity index (χ4v) is 2.44. The van der Waals surface area contributed by atoms with Gasteiger partial charge in [-0.1, -0.05) is 24.3 Å². The van der Waals surface area contributed by atoms with Crippen molar-refractivity contribution in [3.05, 3.63) is 65.5 Å². The van der Waals surface area contributed by atoms with Crippen LogP contribution in [-0.2, 0) is 16.0 Å². The minimum absolute atomic E-state index is 0.0908. The lowest BCUT2D eigenvalue weighted by atomic mass is 10.1. The average Bonchev–Trinajstić information content (AvgIpc) is 2.54. The van der Waals surface area contributed by atoms with Gasteiger partial charge in [-0.2, -0.15) is 0 Å². The van der Waals surface area contributed by atoms with Gasteiger partial charge in [-0.25, -0.2) is 4.39 Å². The van der Waals surface area contributed by atoms with E-state index in [4.69, 9.17) is 0 Å². The summed E-state index contributed by atoms with van der Waals surface area (Å²) in [7, 11) is 0. The summed E-state index contributed by atoms with van der Waals surface area (Å²) < 4.78 is 13.0. The Bertz CT molecular complexity index is 714. The predicted molar refractivity (Wildman–Crippen MR) is 92.3 cm³/mol. The van der Waals surface area contributed by atoms with Crippen LogP contribution in [0.15, 0.2) is 48.5 Å². The molecule has 0 bridgehead atoms. The molecule has 2 amide bonds. The Morgan fingerprint density at radius 2 is 1.75 bits per heavy atom. The highest BCUT2D eigenvalue weighted by molar-refractivity contribution is 5.91. The van der Waals surface area contributed by atoms with Crippen molar-refractivity contribution in [1.29, 1.82) is 0 Å². The number of benzene rings is 2. The van der Waals surface area contributed by atoms with E-state index < -0.39 is 0 Å². The third kappa shape index (κ3) is 4.91. The molecule has 24 heavy (non-hydrogen) atoms. The van der Waals surface area contributed by atoms with Gasteiger partial charge in [0.05, 0.1) is 6.42 Å². The van der Waals surface area contributed by atoms with Gasteiger partial charge in [0.1, 0.15) is 5.82 Å². The Morgan fingerprint density at radius 3 is 2.38 bits per heavy atom. The molecule has 0 unspecified atom stereocenters. The summed E-state index contributed by atoms with van der Waals surface area (Å²) in [5, 5.41) is 2.82. The van der Waals surface area contributed by atoms with Crippen LogP contribution in [0.4, 0.5) is 10.1 Å². The SMILES string of the molecule is CC(=O)N(CCNC(=O)Cc1ccccc1C)c1ccc(F)cc1. The Hall–Kier alpha value is -2.69. The minimum Gasteiger partial charge on any atom is -0.354 e. The number of hydrogen-bond acceptors (Lipinski definition) is 2. The molecule has 2 aromatic rings. The number of carbonyl (C=O) groups excluding carboxylic acids is 2. The summed E-state index contributed by atoms with van der Waals surface area (Å²) in [6.45, 7) is 4.08. The highest BCUT2D eigenvalue weighted by Gasteiger charge is 2.12. The van der Waals surface area contributed by atoms with Crippen molar-refractivity contribution < 1.29 is 14.0 Å². The molecule has 0 aromatic heterocycles. The monoisotopic (exact) mass is 328 g/mol. The predicted octanol–water partition coefficient (Wildman–Crippen LogP) is 2.85. The first kappa shape index (κ1) is 17.7. The molecule has 4 nitrogen and oxygen atoms in total. The van der Waals surface area contributed by atoms with E-state index in [1.807, 2.05) is 31.2 Å². The van der Waals surface area contributed by atoms with Crippen LogP contribution in [0.3, 0.4) is 0 Å². The second-order valence-electron chi connectivity index (χ2n) is 5.60. The molecule has 0 saturated carbocycles. The van der Waals surface area contributed by atoms with Crippen molar-refractivity contribution in [2.75, 3.05) is 18.0 Å². The van der Waals surface area contributed by atoms with Crippen LogP contribution in [0.2, 0.25) is 0 Å². The first-order valence-electron chi connectivity index (χ1n) is 7.82. The van der Waals surface area contributed by atoms with Gasteiger partial charge in [-0.05, 0) is 42.3 Å². The molecule has 0 fully saturated rings. The maximum absolute atomic E-state index is 13.0. The Balaban J connectivity index is 1.89. The molecule has 0 aliphatic heterocycles. The van der Waals surface area contributed by atoms with E-state index in [1.54, 1.807) is 12.1 Å². The second kappa shape index (κ2) is 8.24. The highest BCUT2D eigenvalue weighted by atomic mass is 19.1. The summed E-state index contributed by atoms with van der Waals surface area (Å²) in [5.41, 5.74) is 2.67. The van der Waals surface area contributed by atoms with Crippen molar-refractivity contribution in [3.8, 4) is 0 Å². The number of halogens is 1. The summed E-state index contributed by atoms with van der Waals surface area (Å²) >= 11 is 0. The molecular weight excluding hydrogens is 307 g/mol. The Labute approximate surface area is 141 Å². The van der Waals surface area contributed by atoms with Crippen LogP contribution in [0.1, 0.15) is 18.1 Å².